The zero-order chi connectivity index (χ0) is 12.4. The summed E-state index contributed by atoms with van der Waals surface area (Å²) in [7, 11) is 0. The van der Waals surface area contributed by atoms with Crippen LogP contribution >= 0.6 is 0 Å². The van der Waals surface area contributed by atoms with Crippen molar-refractivity contribution in [3.05, 3.63) is 59.7 Å². The Hall–Kier alpha value is -1.71. The zero-order valence-electron chi connectivity index (χ0n) is 10.5. The lowest BCUT2D eigenvalue weighted by Gasteiger charge is -2.09. The smallest absolute Gasteiger partial charge is 0.231 e. The average Bonchev–Trinajstić information content (AvgIpc) is 2.87. The predicted molar refractivity (Wildman–Crippen MR) is 68.3 cm³/mol. The van der Waals surface area contributed by atoms with Crippen molar-refractivity contribution in [1.82, 2.24) is 0 Å². The summed E-state index contributed by atoms with van der Waals surface area (Å²) in [6.07, 6.45) is 0.931. The second-order valence-electron chi connectivity index (χ2n) is 4.50. The molecular weight excluding hydrogens is 262 g/mol. The van der Waals surface area contributed by atoms with Crippen molar-refractivity contribution in [1.29, 1.82) is 0 Å². The fraction of sp³-hybridized carbons (Fsp3) is 0.200. The summed E-state index contributed by atoms with van der Waals surface area (Å²) < 4.78 is 10.7. The first kappa shape index (κ1) is 13.7. The largest absolute Gasteiger partial charge is 1.00 e. The second kappa shape index (κ2) is 5.95. The molecule has 0 bridgehead atoms. The van der Waals surface area contributed by atoms with Crippen molar-refractivity contribution < 1.29 is 27.6 Å². The van der Waals surface area contributed by atoms with Gasteiger partial charge in [-0.2, -0.15) is 0 Å². The van der Waals surface area contributed by atoms with Crippen molar-refractivity contribution in [2.24, 2.45) is 0 Å². The number of fused-ring (bicyclic) bond motifs is 1. The topological polar surface area (TPSA) is 46.1 Å². The van der Waals surface area contributed by atoms with Crippen LogP contribution in [0.5, 0.6) is 11.5 Å². The minimum atomic E-state index is 0. The molecule has 1 heterocycles. The van der Waals surface area contributed by atoms with E-state index in [2.05, 4.69) is 36.1 Å². The number of rotatable bonds is 3. The summed E-state index contributed by atoms with van der Waals surface area (Å²) in [5, 5.41) is 0. The van der Waals surface area contributed by atoms with Crippen LogP contribution in [-0.4, -0.2) is 6.79 Å². The number of ether oxygens (including phenoxy) is 2. The normalized spacial score (nSPS) is 13.7. The van der Waals surface area contributed by atoms with Crippen molar-refractivity contribution in [3.63, 3.8) is 0 Å². The van der Waals surface area contributed by atoms with Gasteiger partial charge >= 0.3 is 0 Å². The lowest BCUT2D eigenvalue weighted by molar-refractivity contribution is -0.426. The molecule has 0 saturated carbocycles. The summed E-state index contributed by atoms with van der Waals surface area (Å²) in [5.74, 6) is 1.65. The molecule has 3 nitrogen and oxygen atoms in total. The molecule has 4 heteroatoms. The molecule has 3 N–H and O–H groups in total. The molecular formula is C15H16ClNO2. The summed E-state index contributed by atoms with van der Waals surface area (Å²) in [6, 6.07) is 16.7. The van der Waals surface area contributed by atoms with Gasteiger partial charge in [-0.1, -0.05) is 30.3 Å². The summed E-state index contributed by atoms with van der Waals surface area (Å²) >= 11 is 0. The van der Waals surface area contributed by atoms with Crippen molar-refractivity contribution in [3.8, 4) is 11.5 Å². The minimum absolute atomic E-state index is 0. The highest BCUT2D eigenvalue weighted by atomic mass is 35.5. The molecule has 0 amide bonds. The van der Waals surface area contributed by atoms with E-state index in [4.69, 9.17) is 9.47 Å². The molecule has 0 aromatic heterocycles. The highest BCUT2D eigenvalue weighted by Crippen LogP contribution is 2.33. The molecule has 19 heavy (non-hydrogen) atoms. The third-order valence-electron chi connectivity index (χ3n) is 3.19. The molecule has 0 radical (unpaired) electrons. The first-order chi connectivity index (χ1) is 8.83. The SMILES string of the molecule is [Cl-].[NH3+]C(Cc1ccccc1)c1ccc2c(c1)OCO2. The number of quaternary nitrogens is 1. The molecule has 1 atom stereocenters. The third-order valence-corrected chi connectivity index (χ3v) is 3.19. The Kier molecular flexibility index (Phi) is 4.30. The molecule has 1 aliphatic heterocycles. The Morgan fingerprint density at radius 2 is 1.74 bits per heavy atom. The Labute approximate surface area is 118 Å². The molecule has 2 aromatic rings. The van der Waals surface area contributed by atoms with Gasteiger partial charge in [-0.25, -0.2) is 0 Å². The van der Waals surface area contributed by atoms with Gasteiger partial charge in [-0.05, 0) is 23.8 Å². The van der Waals surface area contributed by atoms with Crippen LogP contribution in [0.4, 0.5) is 0 Å². The van der Waals surface area contributed by atoms with Crippen LogP contribution in [0.3, 0.4) is 0 Å². The number of hydrogen-bond acceptors (Lipinski definition) is 2. The van der Waals surface area contributed by atoms with Crippen molar-refractivity contribution in [2.75, 3.05) is 6.79 Å². The maximum atomic E-state index is 5.39. The predicted octanol–water partition coefficient (Wildman–Crippen LogP) is -1.05. The molecule has 0 spiro atoms. The molecule has 3 rings (SSSR count). The van der Waals surface area contributed by atoms with Crippen molar-refractivity contribution >= 4 is 0 Å². The van der Waals surface area contributed by atoms with Gasteiger partial charge in [0.15, 0.2) is 11.5 Å². The van der Waals surface area contributed by atoms with Crippen LogP contribution in [0.25, 0.3) is 0 Å². The van der Waals surface area contributed by atoms with E-state index in [9.17, 15) is 0 Å². The minimum Gasteiger partial charge on any atom is -1.00 e. The number of benzene rings is 2. The quantitative estimate of drug-likeness (QED) is 0.778. The van der Waals surface area contributed by atoms with E-state index in [-0.39, 0.29) is 18.4 Å². The van der Waals surface area contributed by atoms with Crippen LogP contribution in [0.15, 0.2) is 48.5 Å². The Bertz CT molecular complexity index is 545. The number of halogens is 1. The fourth-order valence-corrected chi connectivity index (χ4v) is 2.18. The maximum Gasteiger partial charge on any atom is 0.231 e. The Balaban J connectivity index is 0.00000133. The lowest BCUT2D eigenvalue weighted by atomic mass is 9.99. The summed E-state index contributed by atoms with van der Waals surface area (Å²) in [6.45, 7) is 0.319. The van der Waals surface area contributed by atoms with E-state index in [1.165, 1.54) is 11.1 Å². The standard InChI is InChI=1S/C15H15NO2.ClH/c16-13(8-11-4-2-1-3-5-11)12-6-7-14-15(9-12)18-10-17-14;/h1-7,9,13H,8,10,16H2;1H. The average molecular weight is 278 g/mol. The summed E-state index contributed by atoms with van der Waals surface area (Å²) in [5.41, 5.74) is 6.72. The van der Waals surface area contributed by atoms with Gasteiger partial charge < -0.3 is 27.6 Å². The van der Waals surface area contributed by atoms with E-state index in [1.54, 1.807) is 0 Å². The lowest BCUT2D eigenvalue weighted by Crippen LogP contribution is -3.00. The first-order valence-electron chi connectivity index (χ1n) is 6.09. The van der Waals surface area contributed by atoms with Crippen LogP contribution < -0.4 is 27.6 Å². The zero-order valence-corrected chi connectivity index (χ0v) is 11.3. The summed E-state index contributed by atoms with van der Waals surface area (Å²) in [4.78, 5) is 0. The van der Waals surface area contributed by atoms with Gasteiger partial charge in [0.25, 0.3) is 0 Å². The highest BCUT2D eigenvalue weighted by molar-refractivity contribution is 5.45. The third kappa shape index (κ3) is 3.00. The maximum absolute atomic E-state index is 5.39. The highest BCUT2D eigenvalue weighted by Gasteiger charge is 2.17. The molecule has 100 valence electrons. The molecule has 0 fully saturated rings. The van der Waals surface area contributed by atoms with E-state index in [0.29, 0.717) is 6.79 Å². The second-order valence-corrected chi connectivity index (χ2v) is 4.50. The number of hydrogen-bond donors (Lipinski definition) is 1. The van der Waals surface area contributed by atoms with Gasteiger partial charge in [-0.3, -0.25) is 0 Å². The van der Waals surface area contributed by atoms with E-state index in [0.717, 1.165) is 17.9 Å². The van der Waals surface area contributed by atoms with E-state index < -0.39 is 0 Å². The van der Waals surface area contributed by atoms with Crippen molar-refractivity contribution in [2.45, 2.75) is 12.5 Å². The molecule has 0 aliphatic carbocycles. The van der Waals surface area contributed by atoms with E-state index >= 15 is 0 Å². The Morgan fingerprint density at radius 3 is 2.53 bits per heavy atom. The van der Waals surface area contributed by atoms with E-state index in [1.807, 2.05) is 18.2 Å². The molecule has 2 aromatic carbocycles. The molecule has 0 saturated heterocycles. The van der Waals surface area contributed by atoms with Gasteiger partial charge in [0, 0.05) is 12.0 Å². The van der Waals surface area contributed by atoms with Crippen LogP contribution in [0.1, 0.15) is 17.2 Å². The van der Waals surface area contributed by atoms with Gasteiger partial charge in [0.2, 0.25) is 6.79 Å². The van der Waals surface area contributed by atoms with Gasteiger partial charge in [-0.15, -0.1) is 0 Å². The monoisotopic (exact) mass is 277 g/mol. The Morgan fingerprint density at radius 1 is 1.00 bits per heavy atom. The van der Waals surface area contributed by atoms with Crippen LogP contribution in [0.2, 0.25) is 0 Å². The van der Waals surface area contributed by atoms with Gasteiger partial charge in [0.05, 0.1) is 0 Å². The molecule has 1 aliphatic rings. The molecule has 1 unspecified atom stereocenters. The van der Waals surface area contributed by atoms with Crippen LogP contribution in [0, 0.1) is 0 Å². The first-order valence-corrected chi connectivity index (χ1v) is 6.09. The van der Waals surface area contributed by atoms with Gasteiger partial charge in [0.1, 0.15) is 6.04 Å². The fourth-order valence-electron chi connectivity index (χ4n) is 2.18. The van der Waals surface area contributed by atoms with Crippen LogP contribution in [-0.2, 0) is 6.42 Å².